The Morgan fingerprint density at radius 1 is 0.676 bits per heavy atom. The van der Waals surface area contributed by atoms with Gasteiger partial charge in [-0.1, -0.05) is 70.9 Å². The van der Waals surface area contributed by atoms with Gasteiger partial charge in [-0.15, -0.1) is 0 Å². The number of unbranched alkanes of at least 4 members (excludes halogenated alkanes) is 5. The molecule has 0 heterocycles. The minimum absolute atomic E-state index is 0.0314. The maximum atomic E-state index is 15.0. The number of halogens is 4. The standard InChI is InChI=1S/C29H38F4O/c1-3-5-7-8-9-19-34-25-18-17-24(28(32)29(25)33)23-16-15-22(26(30)27(23)31)21-13-11-20(12-14-21)10-6-4-2/h15-18,20-21H,3-14,19H2,1-2H3. The fraction of sp³-hybridized carbons (Fsp3) is 0.586. The summed E-state index contributed by atoms with van der Waals surface area (Å²) in [6, 6.07) is 5.48. The lowest BCUT2D eigenvalue weighted by Crippen LogP contribution is -2.15. The molecule has 0 amide bonds. The minimum Gasteiger partial charge on any atom is -0.490 e. The van der Waals surface area contributed by atoms with Crippen LogP contribution in [0.3, 0.4) is 0 Å². The number of benzene rings is 2. The second-order valence-electron chi connectivity index (χ2n) is 9.69. The first kappa shape index (κ1) is 26.6. The molecule has 1 saturated carbocycles. The third-order valence-corrected chi connectivity index (χ3v) is 7.21. The van der Waals surface area contributed by atoms with Crippen molar-refractivity contribution in [3.8, 4) is 16.9 Å². The summed E-state index contributed by atoms with van der Waals surface area (Å²) in [4.78, 5) is 0. The van der Waals surface area contributed by atoms with Crippen molar-refractivity contribution in [3.63, 3.8) is 0 Å². The highest BCUT2D eigenvalue weighted by atomic mass is 19.2. The van der Waals surface area contributed by atoms with Crippen LogP contribution in [-0.4, -0.2) is 6.61 Å². The summed E-state index contributed by atoms with van der Waals surface area (Å²) in [7, 11) is 0. The monoisotopic (exact) mass is 478 g/mol. The zero-order valence-corrected chi connectivity index (χ0v) is 20.6. The van der Waals surface area contributed by atoms with Crippen LogP contribution in [0.2, 0.25) is 0 Å². The van der Waals surface area contributed by atoms with Gasteiger partial charge in [0.25, 0.3) is 0 Å². The molecule has 1 aliphatic carbocycles. The predicted molar refractivity (Wildman–Crippen MR) is 130 cm³/mol. The molecule has 34 heavy (non-hydrogen) atoms. The molecule has 0 N–H and O–H groups in total. The quantitative estimate of drug-likeness (QED) is 0.218. The van der Waals surface area contributed by atoms with E-state index in [-0.39, 0.29) is 29.4 Å². The Balaban J connectivity index is 1.69. The normalized spacial score (nSPS) is 18.3. The van der Waals surface area contributed by atoms with Crippen molar-refractivity contribution in [2.45, 2.75) is 96.8 Å². The van der Waals surface area contributed by atoms with E-state index in [1.807, 2.05) is 0 Å². The third-order valence-electron chi connectivity index (χ3n) is 7.21. The Bertz CT molecular complexity index is 919. The smallest absolute Gasteiger partial charge is 0.201 e. The van der Waals surface area contributed by atoms with E-state index in [9.17, 15) is 8.78 Å². The highest BCUT2D eigenvalue weighted by molar-refractivity contribution is 5.66. The SMILES string of the molecule is CCCCCCCOc1ccc(-c2ccc(C3CCC(CCCC)CC3)c(F)c2F)c(F)c1F. The number of rotatable bonds is 12. The molecule has 5 heteroatoms. The number of ether oxygens (including phenoxy) is 1. The van der Waals surface area contributed by atoms with Crippen LogP contribution in [0.15, 0.2) is 24.3 Å². The van der Waals surface area contributed by atoms with Gasteiger partial charge in [-0.25, -0.2) is 13.2 Å². The van der Waals surface area contributed by atoms with Gasteiger partial charge >= 0.3 is 0 Å². The summed E-state index contributed by atoms with van der Waals surface area (Å²) in [5.74, 6) is -4.01. The average Bonchev–Trinajstić information content (AvgIpc) is 2.85. The largest absolute Gasteiger partial charge is 0.490 e. The van der Waals surface area contributed by atoms with E-state index in [1.165, 1.54) is 37.5 Å². The maximum Gasteiger partial charge on any atom is 0.201 e. The van der Waals surface area contributed by atoms with Crippen molar-refractivity contribution in [1.82, 2.24) is 0 Å². The summed E-state index contributed by atoms with van der Waals surface area (Å²) in [5, 5.41) is 0. The van der Waals surface area contributed by atoms with Crippen LogP contribution < -0.4 is 4.74 Å². The molecule has 188 valence electrons. The van der Waals surface area contributed by atoms with Crippen LogP contribution in [0.5, 0.6) is 5.75 Å². The van der Waals surface area contributed by atoms with Gasteiger partial charge in [-0.05, 0) is 61.6 Å². The first-order valence-corrected chi connectivity index (χ1v) is 13.1. The second kappa shape index (κ2) is 13.2. The van der Waals surface area contributed by atoms with Crippen molar-refractivity contribution in [2.24, 2.45) is 5.92 Å². The van der Waals surface area contributed by atoms with Gasteiger partial charge in [0.2, 0.25) is 5.82 Å². The van der Waals surface area contributed by atoms with Crippen LogP contribution in [-0.2, 0) is 0 Å². The van der Waals surface area contributed by atoms with Gasteiger partial charge in [0.1, 0.15) is 0 Å². The molecule has 0 saturated heterocycles. The highest BCUT2D eigenvalue weighted by Crippen LogP contribution is 2.41. The molecular weight excluding hydrogens is 440 g/mol. The second-order valence-corrected chi connectivity index (χ2v) is 9.69. The van der Waals surface area contributed by atoms with Crippen molar-refractivity contribution >= 4 is 0 Å². The fourth-order valence-corrected chi connectivity index (χ4v) is 5.08. The molecule has 1 nitrogen and oxygen atoms in total. The topological polar surface area (TPSA) is 9.23 Å². The van der Waals surface area contributed by atoms with Gasteiger partial charge < -0.3 is 4.74 Å². The first-order chi connectivity index (χ1) is 16.5. The summed E-state index contributed by atoms with van der Waals surface area (Å²) < 4.78 is 64.8. The molecule has 2 aromatic carbocycles. The Labute approximate surface area is 201 Å². The van der Waals surface area contributed by atoms with Crippen LogP contribution in [0.4, 0.5) is 17.6 Å². The number of hydrogen-bond donors (Lipinski definition) is 0. The summed E-state index contributed by atoms with van der Waals surface area (Å²) >= 11 is 0. The molecule has 0 bridgehead atoms. The van der Waals surface area contributed by atoms with Crippen molar-refractivity contribution in [2.75, 3.05) is 6.61 Å². The maximum absolute atomic E-state index is 15.0. The molecule has 1 fully saturated rings. The molecule has 0 radical (unpaired) electrons. The molecule has 2 aromatic rings. The summed E-state index contributed by atoms with van der Waals surface area (Å²) in [5.41, 5.74) is -0.210. The Kier molecular flexibility index (Phi) is 10.3. The number of hydrogen-bond acceptors (Lipinski definition) is 1. The highest BCUT2D eigenvalue weighted by Gasteiger charge is 2.27. The van der Waals surface area contributed by atoms with E-state index in [4.69, 9.17) is 4.74 Å². The zero-order valence-electron chi connectivity index (χ0n) is 20.6. The lowest BCUT2D eigenvalue weighted by molar-refractivity contribution is 0.285. The first-order valence-electron chi connectivity index (χ1n) is 13.1. The molecule has 0 unspecified atom stereocenters. The molecule has 1 aliphatic rings. The molecule has 0 spiro atoms. The molecule has 3 rings (SSSR count). The molecular formula is C29H38F4O. The van der Waals surface area contributed by atoms with E-state index in [1.54, 1.807) is 6.07 Å². The zero-order chi connectivity index (χ0) is 24.5. The Morgan fingerprint density at radius 3 is 1.97 bits per heavy atom. The van der Waals surface area contributed by atoms with E-state index in [2.05, 4.69) is 13.8 Å². The van der Waals surface area contributed by atoms with E-state index in [0.29, 0.717) is 11.5 Å². The predicted octanol–water partition coefficient (Wildman–Crippen LogP) is 9.72. The van der Waals surface area contributed by atoms with Gasteiger partial charge in [0.15, 0.2) is 23.2 Å². The molecule has 0 aliphatic heterocycles. The van der Waals surface area contributed by atoms with Crippen LogP contribution in [0, 0.1) is 29.2 Å². The summed E-state index contributed by atoms with van der Waals surface area (Å²) in [6.45, 7) is 4.59. The van der Waals surface area contributed by atoms with Crippen molar-refractivity contribution < 1.29 is 22.3 Å². The van der Waals surface area contributed by atoms with Crippen molar-refractivity contribution in [1.29, 1.82) is 0 Å². The van der Waals surface area contributed by atoms with Gasteiger partial charge in [0.05, 0.1) is 6.61 Å². The Morgan fingerprint density at radius 2 is 1.29 bits per heavy atom. The van der Waals surface area contributed by atoms with E-state index in [0.717, 1.165) is 57.8 Å². The van der Waals surface area contributed by atoms with Crippen LogP contribution in [0.25, 0.3) is 11.1 Å². The summed E-state index contributed by atoms with van der Waals surface area (Å²) in [6.07, 6.45) is 12.3. The van der Waals surface area contributed by atoms with Gasteiger partial charge in [0, 0.05) is 11.1 Å². The van der Waals surface area contributed by atoms with Crippen LogP contribution >= 0.6 is 0 Å². The van der Waals surface area contributed by atoms with Crippen LogP contribution in [0.1, 0.15) is 102 Å². The Hall–Kier alpha value is -2.04. The molecule has 0 aromatic heterocycles. The third kappa shape index (κ3) is 6.55. The average molecular weight is 479 g/mol. The van der Waals surface area contributed by atoms with E-state index >= 15 is 8.78 Å². The minimum atomic E-state index is -1.22. The fourth-order valence-electron chi connectivity index (χ4n) is 5.08. The molecule has 0 atom stereocenters. The van der Waals surface area contributed by atoms with Crippen molar-refractivity contribution in [3.05, 3.63) is 53.1 Å². The van der Waals surface area contributed by atoms with E-state index < -0.39 is 23.3 Å². The lowest BCUT2D eigenvalue weighted by atomic mass is 9.76. The van der Waals surface area contributed by atoms with Gasteiger partial charge in [-0.3, -0.25) is 0 Å². The lowest BCUT2D eigenvalue weighted by Gasteiger charge is -2.29. The van der Waals surface area contributed by atoms with Gasteiger partial charge in [-0.2, -0.15) is 4.39 Å².